The lowest BCUT2D eigenvalue weighted by Crippen LogP contribution is -2.40. The largest absolute Gasteiger partial charge is 0.354 e. The van der Waals surface area contributed by atoms with Gasteiger partial charge in [-0.05, 0) is 58.2 Å². The van der Waals surface area contributed by atoms with Gasteiger partial charge in [0, 0.05) is 30.1 Å². The molecule has 2 amide bonds. The lowest BCUT2D eigenvalue weighted by Gasteiger charge is -2.21. The van der Waals surface area contributed by atoms with Crippen molar-refractivity contribution in [2.45, 2.75) is 70.2 Å². The van der Waals surface area contributed by atoms with Crippen molar-refractivity contribution in [1.82, 2.24) is 15.4 Å². The van der Waals surface area contributed by atoms with Crippen LogP contribution in [0.25, 0.3) is 0 Å². The van der Waals surface area contributed by atoms with E-state index in [4.69, 9.17) is 0 Å². The third-order valence-electron chi connectivity index (χ3n) is 4.89. The molecule has 8 heteroatoms. The summed E-state index contributed by atoms with van der Waals surface area (Å²) in [6.45, 7) is 7.67. The number of sulfonamides is 1. The van der Waals surface area contributed by atoms with Crippen LogP contribution >= 0.6 is 0 Å². The number of rotatable bonds is 7. The molecule has 7 nitrogen and oxygen atoms in total. The van der Waals surface area contributed by atoms with Crippen molar-refractivity contribution < 1.29 is 18.0 Å². The molecule has 0 bridgehead atoms. The van der Waals surface area contributed by atoms with Crippen LogP contribution in [0.4, 0.5) is 0 Å². The molecule has 2 rings (SSSR count). The standard InChI is InChI=1S/C21H33N3O4S/c1-15-10-11-17(29(27,28)24-21(2,3)4)14-18(15)20(26)23-13-12-22-19(25)16-8-6-5-7-9-16/h10-11,14,16,24H,5-9,12-13H2,1-4H3,(H,22,25)(H,23,26). The minimum absolute atomic E-state index is 0.0498. The SMILES string of the molecule is Cc1ccc(S(=O)(=O)NC(C)(C)C)cc1C(=O)NCCNC(=O)C1CCCCC1. The monoisotopic (exact) mass is 423 g/mol. The Kier molecular flexibility index (Phi) is 7.82. The van der Waals surface area contributed by atoms with Crippen molar-refractivity contribution in [3.8, 4) is 0 Å². The second kappa shape index (κ2) is 9.71. The fourth-order valence-corrected chi connectivity index (χ4v) is 4.89. The molecule has 1 aromatic rings. The highest BCUT2D eigenvalue weighted by atomic mass is 32.2. The molecule has 0 radical (unpaired) electrons. The van der Waals surface area contributed by atoms with Crippen molar-refractivity contribution in [3.63, 3.8) is 0 Å². The highest BCUT2D eigenvalue weighted by molar-refractivity contribution is 7.89. The third kappa shape index (κ3) is 7.12. The zero-order chi connectivity index (χ0) is 21.7. The topological polar surface area (TPSA) is 104 Å². The van der Waals surface area contributed by atoms with Gasteiger partial charge < -0.3 is 10.6 Å². The first-order chi connectivity index (χ1) is 13.5. The molecular formula is C21H33N3O4S. The molecule has 1 saturated carbocycles. The van der Waals surface area contributed by atoms with Crippen molar-refractivity contribution in [2.75, 3.05) is 13.1 Å². The predicted molar refractivity (Wildman–Crippen MR) is 113 cm³/mol. The van der Waals surface area contributed by atoms with E-state index in [1.54, 1.807) is 33.8 Å². The van der Waals surface area contributed by atoms with E-state index in [1.807, 2.05) is 0 Å². The van der Waals surface area contributed by atoms with E-state index in [2.05, 4.69) is 15.4 Å². The van der Waals surface area contributed by atoms with Gasteiger partial charge in [0.25, 0.3) is 5.91 Å². The number of amides is 2. The van der Waals surface area contributed by atoms with E-state index in [0.717, 1.165) is 25.7 Å². The lowest BCUT2D eigenvalue weighted by molar-refractivity contribution is -0.125. The Labute approximate surface area is 174 Å². The number of carbonyl (C=O) groups is 2. The van der Waals surface area contributed by atoms with Gasteiger partial charge in [-0.15, -0.1) is 0 Å². The van der Waals surface area contributed by atoms with Gasteiger partial charge in [0.2, 0.25) is 15.9 Å². The first-order valence-corrected chi connectivity index (χ1v) is 11.7. The summed E-state index contributed by atoms with van der Waals surface area (Å²) >= 11 is 0. The second-order valence-electron chi connectivity index (χ2n) is 8.71. The molecule has 1 aliphatic carbocycles. The molecule has 162 valence electrons. The average molecular weight is 424 g/mol. The molecule has 0 spiro atoms. The fraction of sp³-hybridized carbons (Fsp3) is 0.619. The summed E-state index contributed by atoms with van der Waals surface area (Å²) in [5.74, 6) is -0.224. The normalized spacial score (nSPS) is 15.7. The Morgan fingerprint density at radius 3 is 2.28 bits per heavy atom. The van der Waals surface area contributed by atoms with E-state index in [-0.39, 0.29) is 29.2 Å². The van der Waals surface area contributed by atoms with E-state index >= 15 is 0 Å². The van der Waals surface area contributed by atoms with Gasteiger partial charge in [-0.3, -0.25) is 9.59 Å². The van der Waals surface area contributed by atoms with Crippen LogP contribution in [0.2, 0.25) is 0 Å². The second-order valence-corrected chi connectivity index (χ2v) is 10.4. The summed E-state index contributed by atoms with van der Waals surface area (Å²) in [5, 5.41) is 5.63. The highest BCUT2D eigenvalue weighted by Crippen LogP contribution is 2.23. The van der Waals surface area contributed by atoms with Crippen LogP contribution < -0.4 is 15.4 Å². The average Bonchev–Trinajstić information content (AvgIpc) is 2.63. The molecule has 0 atom stereocenters. The van der Waals surface area contributed by atoms with Crippen LogP contribution in [-0.2, 0) is 14.8 Å². The highest BCUT2D eigenvalue weighted by Gasteiger charge is 2.24. The van der Waals surface area contributed by atoms with E-state index in [9.17, 15) is 18.0 Å². The van der Waals surface area contributed by atoms with E-state index in [1.165, 1.54) is 18.6 Å². The molecule has 1 fully saturated rings. The molecule has 1 aromatic carbocycles. The molecule has 1 aliphatic rings. The summed E-state index contributed by atoms with van der Waals surface area (Å²) in [6.07, 6.45) is 5.25. The Bertz CT molecular complexity index is 838. The van der Waals surface area contributed by atoms with Gasteiger partial charge in [-0.2, -0.15) is 0 Å². The van der Waals surface area contributed by atoms with Crippen LogP contribution in [0.15, 0.2) is 23.1 Å². The zero-order valence-electron chi connectivity index (χ0n) is 17.8. The van der Waals surface area contributed by atoms with Crippen molar-refractivity contribution in [1.29, 1.82) is 0 Å². The maximum absolute atomic E-state index is 12.5. The molecular weight excluding hydrogens is 390 g/mol. The summed E-state index contributed by atoms with van der Waals surface area (Å²) in [6, 6.07) is 4.50. The molecule has 0 saturated heterocycles. The number of nitrogens with one attached hydrogen (secondary N) is 3. The van der Waals surface area contributed by atoms with Gasteiger partial charge in [-0.1, -0.05) is 25.3 Å². The molecule has 0 aromatic heterocycles. The van der Waals surface area contributed by atoms with Crippen molar-refractivity contribution >= 4 is 21.8 Å². The summed E-state index contributed by atoms with van der Waals surface area (Å²) in [5.41, 5.74) is 0.367. The van der Waals surface area contributed by atoms with Gasteiger partial charge in [0.1, 0.15) is 0 Å². The number of hydrogen-bond donors (Lipinski definition) is 3. The van der Waals surface area contributed by atoms with E-state index < -0.39 is 15.6 Å². The van der Waals surface area contributed by atoms with Crippen LogP contribution in [0.5, 0.6) is 0 Å². The molecule has 3 N–H and O–H groups in total. The van der Waals surface area contributed by atoms with Crippen LogP contribution in [-0.4, -0.2) is 38.9 Å². The minimum atomic E-state index is -3.73. The van der Waals surface area contributed by atoms with Crippen LogP contribution in [0, 0.1) is 12.8 Å². The Hall–Kier alpha value is -1.93. The van der Waals surface area contributed by atoms with Crippen molar-refractivity contribution in [3.05, 3.63) is 29.3 Å². The summed E-state index contributed by atoms with van der Waals surface area (Å²) in [4.78, 5) is 24.7. The maximum atomic E-state index is 12.5. The minimum Gasteiger partial charge on any atom is -0.354 e. The Morgan fingerprint density at radius 1 is 1.03 bits per heavy atom. The Balaban J connectivity index is 1.94. The number of benzene rings is 1. The van der Waals surface area contributed by atoms with Gasteiger partial charge >= 0.3 is 0 Å². The molecule has 0 unspecified atom stereocenters. The van der Waals surface area contributed by atoms with Crippen LogP contribution in [0.3, 0.4) is 0 Å². The van der Waals surface area contributed by atoms with E-state index in [0.29, 0.717) is 17.7 Å². The molecule has 0 aliphatic heterocycles. The maximum Gasteiger partial charge on any atom is 0.251 e. The summed E-state index contributed by atoms with van der Waals surface area (Å²) < 4.78 is 27.6. The van der Waals surface area contributed by atoms with Gasteiger partial charge in [0.05, 0.1) is 4.90 Å². The number of carbonyl (C=O) groups excluding carboxylic acids is 2. The van der Waals surface area contributed by atoms with Crippen molar-refractivity contribution in [2.24, 2.45) is 5.92 Å². The Morgan fingerprint density at radius 2 is 1.66 bits per heavy atom. The number of hydrogen-bond acceptors (Lipinski definition) is 4. The lowest BCUT2D eigenvalue weighted by atomic mass is 9.89. The quantitative estimate of drug-likeness (QED) is 0.586. The predicted octanol–water partition coefficient (Wildman–Crippen LogP) is 2.50. The zero-order valence-corrected chi connectivity index (χ0v) is 18.6. The smallest absolute Gasteiger partial charge is 0.251 e. The third-order valence-corrected chi connectivity index (χ3v) is 6.65. The van der Waals surface area contributed by atoms with Gasteiger partial charge in [-0.25, -0.2) is 13.1 Å². The first kappa shape index (κ1) is 23.3. The molecule has 29 heavy (non-hydrogen) atoms. The fourth-order valence-electron chi connectivity index (χ4n) is 3.44. The van der Waals surface area contributed by atoms with Crippen LogP contribution in [0.1, 0.15) is 68.8 Å². The molecule has 0 heterocycles. The first-order valence-electron chi connectivity index (χ1n) is 10.2. The van der Waals surface area contributed by atoms with Gasteiger partial charge in [0.15, 0.2) is 0 Å². The number of aryl methyl sites for hydroxylation is 1. The summed E-state index contributed by atoms with van der Waals surface area (Å²) in [7, 11) is -3.73.